The first-order valence-electron chi connectivity index (χ1n) is 5.89. The van der Waals surface area contributed by atoms with Crippen LogP contribution in [0.1, 0.15) is 10.5 Å². The molecular formula is C13H11N3O4. The van der Waals surface area contributed by atoms with Gasteiger partial charge < -0.3 is 15.2 Å². The second-order valence-electron chi connectivity index (χ2n) is 4.39. The molecule has 7 heteroatoms. The molecule has 0 bridgehead atoms. The third-order valence-corrected chi connectivity index (χ3v) is 3.01. The lowest BCUT2D eigenvalue weighted by molar-refractivity contribution is -0.118. The molecule has 0 atom stereocenters. The van der Waals surface area contributed by atoms with Crippen LogP contribution in [0.15, 0.2) is 24.3 Å². The number of amides is 1. The molecule has 0 radical (unpaired) electrons. The Labute approximate surface area is 113 Å². The molecule has 3 rings (SSSR count). The number of carboxylic acid groups (broad SMARTS) is 1. The molecule has 0 unspecified atom stereocenters. The molecule has 1 aliphatic heterocycles. The highest BCUT2D eigenvalue weighted by atomic mass is 16.5. The maximum Gasteiger partial charge on any atom is 0.354 e. The molecule has 0 saturated carbocycles. The van der Waals surface area contributed by atoms with Crippen molar-refractivity contribution in [2.75, 3.05) is 11.9 Å². The Balaban J connectivity index is 2.03. The smallest absolute Gasteiger partial charge is 0.354 e. The van der Waals surface area contributed by atoms with Crippen molar-refractivity contribution in [2.45, 2.75) is 0 Å². The van der Waals surface area contributed by atoms with E-state index in [-0.39, 0.29) is 18.2 Å². The van der Waals surface area contributed by atoms with Gasteiger partial charge in [0.2, 0.25) is 0 Å². The number of carbonyl (C=O) groups excluding carboxylic acids is 1. The zero-order chi connectivity index (χ0) is 14.3. The Hall–Kier alpha value is -2.83. The third-order valence-electron chi connectivity index (χ3n) is 3.01. The van der Waals surface area contributed by atoms with E-state index in [1.54, 1.807) is 25.2 Å². The van der Waals surface area contributed by atoms with E-state index in [0.29, 0.717) is 22.7 Å². The van der Waals surface area contributed by atoms with Crippen LogP contribution < -0.4 is 10.1 Å². The van der Waals surface area contributed by atoms with E-state index in [1.165, 1.54) is 10.7 Å². The molecule has 7 nitrogen and oxygen atoms in total. The lowest BCUT2D eigenvalue weighted by Gasteiger charge is -2.18. The van der Waals surface area contributed by atoms with Crippen LogP contribution in [0.5, 0.6) is 5.75 Å². The molecule has 2 N–H and O–H groups in total. The van der Waals surface area contributed by atoms with E-state index >= 15 is 0 Å². The summed E-state index contributed by atoms with van der Waals surface area (Å²) in [6.45, 7) is -0.000897. The van der Waals surface area contributed by atoms with Crippen LogP contribution >= 0.6 is 0 Å². The average molecular weight is 273 g/mol. The van der Waals surface area contributed by atoms with E-state index in [0.717, 1.165) is 0 Å². The van der Waals surface area contributed by atoms with E-state index in [2.05, 4.69) is 10.4 Å². The number of aromatic nitrogens is 2. The number of carbonyl (C=O) groups is 2. The molecule has 0 spiro atoms. The second kappa shape index (κ2) is 4.37. The predicted octanol–water partition coefficient (Wildman–Crippen LogP) is 1.12. The summed E-state index contributed by atoms with van der Waals surface area (Å²) < 4.78 is 6.56. The number of aryl methyl sites for hydroxylation is 1. The molecule has 102 valence electrons. The summed E-state index contributed by atoms with van der Waals surface area (Å²) in [5.41, 5.74) is 1.88. The van der Waals surface area contributed by atoms with Gasteiger partial charge in [-0.1, -0.05) is 0 Å². The van der Waals surface area contributed by atoms with Crippen molar-refractivity contribution in [2.24, 2.45) is 7.05 Å². The van der Waals surface area contributed by atoms with E-state index < -0.39 is 5.97 Å². The summed E-state index contributed by atoms with van der Waals surface area (Å²) in [4.78, 5) is 22.3. The number of rotatable bonds is 2. The normalized spacial score (nSPS) is 13.3. The summed E-state index contributed by atoms with van der Waals surface area (Å²) in [5.74, 6) is -0.675. The molecule has 1 aromatic carbocycles. The number of benzene rings is 1. The van der Waals surface area contributed by atoms with Crippen molar-refractivity contribution in [3.05, 3.63) is 30.0 Å². The minimum absolute atomic E-state index is 0.000897. The second-order valence-corrected chi connectivity index (χ2v) is 4.39. The number of aromatic carboxylic acids is 1. The lowest BCUT2D eigenvalue weighted by Crippen LogP contribution is -2.25. The Morgan fingerprint density at radius 1 is 1.45 bits per heavy atom. The number of hydrogen-bond donors (Lipinski definition) is 2. The zero-order valence-electron chi connectivity index (χ0n) is 10.6. The summed E-state index contributed by atoms with van der Waals surface area (Å²) in [6, 6.07) is 6.68. The SMILES string of the molecule is Cn1nc(-c2ccc3c(c2)NC(=O)CO3)cc1C(=O)O. The van der Waals surface area contributed by atoms with Gasteiger partial charge >= 0.3 is 5.97 Å². The molecular weight excluding hydrogens is 262 g/mol. The maximum absolute atomic E-state index is 11.3. The van der Waals surface area contributed by atoms with Gasteiger partial charge in [0, 0.05) is 12.6 Å². The number of carboxylic acids is 1. The molecule has 2 aromatic rings. The number of ether oxygens (including phenoxy) is 1. The lowest BCUT2D eigenvalue weighted by atomic mass is 10.1. The van der Waals surface area contributed by atoms with Crippen LogP contribution in [-0.4, -0.2) is 33.4 Å². The molecule has 1 aromatic heterocycles. The number of nitrogens with zero attached hydrogens (tertiary/aromatic N) is 2. The Kier molecular flexibility index (Phi) is 2.67. The fourth-order valence-corrected chi connectivity index (χ4v) is 2.05. The molecule has 0 saturated heterocycles. The monoisotopic (exact) mass is 273 g/mol. The number of anilines is 1. The number of nitrogens with one attached hydrogen (secondary N) is 1. The number of hydrogen-bond acceptors (Lipinski definition) is 4. The quantitative estimate of drug-likeness (QED) is 0.855. The Morgan fingerprint density at radius 3 is 2.95 bits per heavy atom. The van der Waals surface area contributed by atoms with Gasteiger partial charge in [-0.3, -0.25) is 9.48 Å². The van der Waals surface area contributed by atoms with Gasteiger partial charge in [0.1, 0.15) is 11.4 Å². The Morgan fingerprint density at radius 2 is 2.25 bits per heavy atom. The van der Waals surface area contributed by atoms with Gasteiger partial charge in [-0.25, -0.2) is 4.79 Å². The first kappa shape index (κ1) is 12.2. The van der Waals surface area contributed by atoms with Crippen molar-refractivity contribution in [1.29, 1.82) is 0 Å². The van der Waals surface area contributed by atoms with E-state index in [4.69, 9.17) is 9.84 Å². The van der Waals surface area contributed by atoms with Crippen LogP contribution in [0.4, 0.5) is 5.69 Å². The minimum Gasteiger partial charge on any atom is -0.482 e. The van der Waals surface area contributed by atoms with Crippen molar-refractivity contribution < 1.29 is 19.4 Å². The third kappa shape index (κ3) is 1.99. The van der Waals surface area contributed by atoms with Gasteiger partial charge in [0.25, 0.3) is 5.91 Å². The maximum atomic E-state index is 11.3. The summed E-state index contributed by atoms with van der Waals surface area (Å²) in [5, 5.41) is 15.9. The zero-order valence-corrected chi connectivity index (χ0v) is 10.6. The largest absolute Gasteiger partial charge is 0.482 e. The highest BCUT2D eigenvalue weighted by Gasteiger charge is 2.18. The van der Waals surface area contributed by atoms with E-state index in [1.807, 2.05) is 0 Å². The topological polar surface area (TPSA) is 93.5 Å². The van der Waals surface area contributed by atoms with Crippen LogP contribution in [0.3, 0.4) is 0 Å². The van der Waals surface area contributed by atoms with Crippen LogP contribution in [0.2, 0.25) is 0 Å². The fraction of sp³-hybridized carbons (Fsp3) is 0.154. The molecule has 20 heavy (non-hydrogen) atoms. The summed E-state index contributed by atoms with van der Waals surface area (Å²) >= 11 is 0. The predicted molar refractivity (Wildman–Crippen MR) is 69.7 cm³/mol. The van der Waals surface area contributed by atoms with Gasteiger partial charge in [-0.15, -0.1) is 0 Å². The van der Waals surface area contributed by atoms with Crippen molar-refractivity contribution in [1.82, 2.24) is 9.78 Å². The first-order chi connectivity index (χ1) is 9.54. The van der Waals surface area contributed by atoms with Gasteiger partial charge in [0.05, 0.1) is 11.4 Å². The highest BCUT2D eigenvalue weighted by Crippen LogP contribution is 2.32. The van der Waals surface area contributed by atoms with Crippen LogP contribution in [0.25, 0.3) is 11.3 Å². The first-order valence-corrected chi connectivity index (χ1v) is 5.89. The summed E-state index contributed by atoms with van der Waals surface area (Å²) in [6.07, 6.45) is 0. The molecule has 1 aliphatic rings. The standard InChI is InChI=1S/C13H11N3O4/c1-16-10(13(18)19)5-8(15-16)7-2-3-11-9(4-7)14-12(17)6-20-11/h2-5H,6H2,1H3,(H,14,17)(H,18,19). The van der Waals surface area contributed by atoms with Crippen molar-refractivity contribution in [3.63, 3.8) is 0 Å². The minimum atomic E-state index is -1.04. The van der Waals surface area contributed by atoms with Crippen molar-refractivity contribution in [3.8, 4) is 17.0 Å². The molecule has 0 aliphatic carbocycles. The number of fused-ring (bicyclic) bond motifs is 1. The Bertz CT molecular complexity index is 720. The molecule has 2 heterocycles. The van der Waals surface area contributed by atoms with Gasteiger partial charge in [0.15, 0.2) is 6.61 Å². The van der Waals surface area contributed by atoms with Crippen molar-refractivity contribution >= 4 is 17.6 Å². The van der Waals surface area contributed by atoms with E-state index in [9.17, 15) is 9.59 Å². The molecule has 1 amide bonds. The van der Waals surface area contributed by atoms with Crippen LogP contribution in [0, 0.1) is 0 Å². The fourth-order valence-electron chi connectivity index (χ4n) is 2.05. The van der Waals surface area contributed by atoms with Gasteiger partial charge in [-0.05, 0) is 24.3 Å². The van der Waals surface area contributed by atoms with Crippen LogP contribution in [-0.2, 0) is 11.8 Å². The van der Waals surface area contributed by atoms with Gasteiger partial charge in [-0.2, -0.15) is 5.10 Å². The molecule has 0 fully saturated rings. The highest BCUT2D eigenvalue weighted by molar-refractivity contribution is 5.96. The average Bonchev–Trinajstić information content (AvgIpc) is 2.80. The summed E-state index contributed by atoms with van der Waals surface area (Å²) in [7, 11) is 1.57.